The van der Waals surface area contributed by atoms with Crippen LogP contribution in [0.1, 0.15) is 5.56 Å². The highest BCUT2D eigenvalue weighted by atomic mass is 35.5. The highest BCUT2D eigenvalue weighted by Gasteiger charge is 2.33. The Bertz CT molecular complexity index is 761. The standard InChI is InChI=1S/C16H12ClF6NO2/c17-6-9(25)7-24-14-5-10(1-2-11(14)18)26-15-12(19)3-8(4-13(15)20)16(21,22)23/h1-5,9,24-25H,6-7H2. The molecule has 0 bridgehead atoms. The first-order chi connectivity index (χ1) is 12.1. The fraction of sp³-hybridized carbons (Fsp3) is 0.250. The van der Waals surface area contributed by atoms with Gasteiger partial charge in [0, 0.05) is 12.6 Å². The third kappa shape index (κ3) is 4.95. The van der Waals surface area contributed by atoms with Gasteiger partial charge in [0.2, 0.25) is 0 Å². The van der Waals surface area contributed by atoms with Gasteiger partial charge >= 0.3 is 6.18 Å². The van der Waals surface area contributed by atoms with Crippen molar-refractivity contribution in [3.8, 4) is 11.5 Å². The molecule has 2 rings (SSSR count). The molecule has 0 heterocycles. The van der Waals surface area contributed by atoms with Gasteiger partial charge in [-0.3, -0.25) is 0 Å². The Labute approximate surface area is 149 Å². The van der Waals surface area contributed by atoms with Crippen LogP contribution in [0.3, 0.4) is 0 Å². The second kappa shape index (κ2) is 8.05. The van der Waals surface area contributed by atoms with Gasteiger partial charge in [-0.2, -0.15) is 13.2 Å². The van der Waals surface area contributed by atoms with Crippen LogP contribution in [-0.2, 0) is 6.18 Å². The third-order valence-electron chi connectivity index (χ3n) is 3.19. The van der Waals surface area contributed by atoms with Crippen LogP contribution in [0.25, 0.3) is 0 Å². The maximum Gasteiger partial charge on any atom is 0.416 e. The zero-order chi connectivity index (χ0) is 19.5. The van der Waals surface area contributed by atoms with Crippen LogP contribution >= 0.6 is 11.6 Å². The summed E-state index contributed by atoms with van der Waals surface area (Å²) >= 11 is 5.40. The summed E-state index contributed by atoms with van der Waals surface area (Å²) in [5.74, 6) is -5.26. The number of rotatable bonds is 6. The quantitative estimate of drug-likeness (QED) is 0.535. The Balaban J connectivity index is 2.26. The van der Waals surface area contributed by atoms with E-state index in [1.54, 1.807) is 0 Å². The molecule has 10 heteroatoms. The molecule has 0 aromatic heterocycles. The average Bonchev–Trinajstić information content (AvgIpc) is 2.56. The third-order valence-corrected chi connectivity index (χ3v) is 3.55. The van der Waals surface area contributed by atoms with E-state index in [4.69, 9.17) is 16.3 Å². The molecule has 0 radical (unpaired) electrons. The first kappa shape index (κ1) is 20.2. The summed E-state index contributed by atoms with van der Waals surface area (Å²) in [5, 5.41) is 11.9. The maximum atomic E-state index is 13.8. The van der Waals surface area contributed by atoms with Crippen molar-refractivity contribution in [2.45, 2.75) is 12.3 Å². The van der Waals surface area contributed by atoms with Crippen LogP contribution in [0.4, 0.5) is 32.0 Å². The minimum Gasteiger partial charge on any atom is -0.451 e. The Morgan fingerprint density at radius 3 is 2.19 bits per heavy atom. The van der Waals surface area contributed by atoms with Crippen molar-refractivity contribution in [1.29, 1.82) is 0 Å². The highest BCUT2D eigenvalue weighted by Crippen LogP contribution is 2.36. The molecule has 0 aliphatic heterocycles. The summed E-state index contributed by atoms with van der Waals surface area (Å²) in [5.41, 5.74) is -1.66. The molecule has 2 N–H and O–H groups in total. The highest BCUT2D eigenvalue weighted by molar-refractivity contribution is 6.18. The number of nitrogens with one attached hydrogen (secondary N) is 1. The summed E-state index contributed by atoms with van der Waals surface area (Å²) in [6.07, 6.45) is -5.89. The second-order valence-electron chi connectivity index (χ2n) is 5.20. The maximum absolute atomic E-state index is 13.8. The van der Waals surface area contributed by atoms with Crippen LogP contribution in [0.5, 0.6) is 11.5 Å². The Kier molecular flexibility index (Phi) is 6.25. The van der Waals surface area contributed by atoms with E-state index in [1.165, 1.54) is 0 Å². The number of aliphatic hydroxyl groups is 1. The summed E-state index contributed by atoms with van der Waals surface area (Å²) < 4.78 is 83.8. The predicted octanol–water partition coefficient (Wildman–Crippen LogP) is 4.93. The molecule has 142 valence electrons. The fourth-order valence-electron chi connectivity index (χ4n) is 1.92. The Hall–Kier alpha value is -2.13. The Morgan fingerprint density at radius 1 is 1.04 bits per heavy atom. The van der Waals surface area contributed by atoms with E-state index in [0.717, 1.165) is 18.2 Å². The molecular weight excluding hydrogens is 388 g/mol. The van der Waals surface area contributed by atoms with E-state index in [0.29, 0.717) is 0 Å². The van der Waals surface area contributed by atoms with E-state index in [2.05, 4.69) is 5.32 Å². The topological polar surface area (TPSA) is 41.5 Å². The molecular formula is C16H12ClF6NO2. The number of hydrogen-bond acceptors (Lipinski definition) is 3. The zero-order valence-corrected chi connectivity index (χ0v) is 13.6. The molecule has 0 amide bonds. The number of ether oxygens (including phenoxy) is 1. The molecule has 2 aromatic rings. The van der Waals surface area contributed by atoms with E-state index in [1.807, 2.05) is 0 Å². The lowest BCUT2D eigenvalue weighted by Gasteiger charge is -2.14. The molecule has 2 aromatic carbocycles. The average molecular weight is 400 g/mol. The lowest BCUT2D eigenvalue weighted by Crippen LogP contribution is -2.21. The molecule has 0 saturated carbocycles. The smallest absolute Gasteiger partial charge is 0.416 e. The van der Waals surface area contributed by atoms with E-state index in [-0.39, 0.29) is 36.0 Å². The van der Waals surface area contributed by atoms with Crippen molar-refractivity contribution in [2.24, 2.45) is 0 Å². The molecule has 1 atom stereocenters. The van der Waals surface area contributed by atoms with Crippen molar-refractivity contribution >= 4 is 17.3 Å². The minimum atomic E-state index is -4.92. The van der Waals surface area contributed by atoms with Gasteiger partial charge in [0.25, 0.3) is 0 Å². The van der Waals surface area contributed by atoms with Crippen LogP contribution in [0.2, 0.25) is 0 Å². The van der Waals surface area contributed by atoms with Crippen molar-refractivity contribution in [1.82, 2.24) is 0 Å². The minimum absolute atomic E-state index is 0.0952. The molecule has 0 fully saturated rings. The van der Waals surface area contributed by atoms with E-state index in [9.17, 15) is 31.4 Å². The summed E-state index contributed by atoms with van der Waals surface area (Å²) in [6.45, 7) is -0.104. The van der Waals surface area contributed by atoms with E-state index < -0.39 is 41.0 Å². The largest absolute Gasteiger partial charge is 0.451 e. The number of benzene rings is 2. The molecule has 26 heavy (non-hydrogen) atoms. The van der Waals surface area contributed by atoms with Crippen LogP contribution < -0.4 is 10.1 Å². The lowest BCUT2D eigenvalue weighted by molar-refractivity contribution is -0.138. The number of aliphatic hydroxyl groups excluding tert-OH is 1. The van der Waals surface area contributed by atoms with Crippen LogP contribution in [0, 0.1) is 17.5 Å². The van der Waals surface area contributed by atoms with Crippen molar-refractivity contribution in [2.75, 3.05) is 17.7 Å². The van der Waals surface area contributed by atoms with Gasteiger partial charge in [-0.15, -0.1) is 11.6 Å². The van der Waals surface area contributed by atoms with Gasteiger partial charge in [-0.05, 0) is 24.3 Å². The van der Waals surface area contributed by atoms with Crippen molar-refractivity contribution < 1.29 is 36.2 Å². The molecule has 0 aliphatic carbocycles. The summed E-state index contributed by atoms with van der Waals surface area (Å²) in [6, 6.07) is 3.18. The van der Waals surface area contributed by atoms with E-state index >= 15 is 0 Å². The van der Waals surface area contributed by atoms with Gasteiger partial charge in [-0.25, -0.2) is 13.2 Å². The SMILES string of the molecule is OC(CCl)CNc1cc(Oc2c(F)cc(C(F)(F)F)cc2F)ccc1F. The van der Waals surface area contributed by atoms with Crippen molar-refractivity contribution in [3.63, 3.8) is 0 Å². The molecule has 0 saturated heterocycles. The van der Waals surface area contributed by atoms with Crippen LogP contribution in [0.15, 0.2) is 30.3 Å². The molecule has 0 spiro atoms. The van der Waals surface area contributed by atoms with Gasteiger partial charge < -0.3 is 15.2 Å². The molecule has 0 aliphatic rings. The predicted molar refractivity (Wildman–Crippen MR) is 83.1 cm³/mol. The summed E-state index contributed by atoms with van der Waals surface area (Å²) in [7, 11) is 0. The first-order valence-corrected chi connectivity index (χ1v) is 7.66. The van der Waals surface area contributed by atoms with Gasteiger partial charge in [0.15, 0.2) is 17.4 Å². The number of hydrogen-bond donors (Lipinski definition) is 2. The van der Waals surface area contributed by atoms with Crippen molar-refractivity contribution in [3.05, 3.63) is 53.3 Å². The lowest BCUT2D eigenvalue weighted by atomic mass is 10.2. The molecule has 3 nitrogen and oxygen atoms in total. The number of anilines is 1. The summed E-state index contributed by atoms with van der Waals surface area (Å²) in [4.78, 5) is 0. The normalized spacial score (nSPS) is 12.8. The van der Waals surface area contributed by atoms with Crippen LogP contribution in [-0.4, -0.2) is 23.6 Å². The fourth-order valence-corrected chi connectivity index (χ4v) is 2.03. The van der Waals surface area contributed by atoms with Gasteiger partial charge in [0.1, 0.15) is 11.6 Å². The second-order valence-corrected chi connectivity index (χ2v) is 5.51. The van der Waals surface area contributed by atoms with Gasteiger partial charge in [0.05, 0.1) is 23.2 Å². The first-order valence-electron chi connectivity index (χ1n) is 7.13. The number of halogens is 7. The van der Waals surface area contributed by atoms with Gasteiger partial charge in [-0.1, -0.05) is 0 Å². The molecule has 1 unspecified atom stereocenters. The number of alkyl halides is 4. The monoisotopic (exact) mass is 399 g/mol. The Morgan fingerprint density at radius 2 is 1.65 bits per heavy atom. The zero-order valence-electron chi connectivity index (χ0n) is 12.9.